The van der Waals surface area contributed by atoms with Gasteiger partial charge in [-0.3, -0.25) is 4.90 Å². The number of aromatic nitrogens is 1. The van der Waals surface area contributed by atoms with Crippen molar-refractivity contribution in [2.24, 2.45) is 0 Å². The van der Waals surface area contributed by atoms with Crippen molar-refractivity contribution in [1.29, 1.82) is 0 Å². The van der Waals surface area contributed by atoms with Crippen LogP contribution in [0.1, 0.15) is 36.0 Å². The van der Waals surface area contributed by atoms with Crippen LogP contribution in [0.4, 0.5) is 0 Å². The Bertz CT molecular complexity index is 581. The maximum atomic E-state index is 4.53. The molecule has 0 amide bonds. The van der Waals surface area contributed by atoms with Gasteiger partial charge in [-0.2, -0.15) is 0 Å². The second-order valence-electron chi connectivity index (χ2n) is 6.27. The van der Waals surface area contributed by atoms with Crippen LogP contribution in [-0.2, 0) is 13.1 Å². The largest absolute Gasteiger partial charge is 0.308 e. The molecular weight excluding hydrogens is 290 g/mol. The second kappa shape index (κ2) is 7.36. The van der Waals surface area contributed by atoms with Gasteiger partial charge in [0.15, 0.2) is 0 Å². The quantitative estimate of drug-likeness (QED) is 0.914. The zero-order chi connectivity index (χ0) is 15.4. The molecule has 2 heterocycles. The molecule has 3 nitrogen and oxygen atoms in total. The number of hydrogen-bond donors (Lipinski definition) is 1. The van der Waals surface area contributed by atoms with Gasteiger partial charge < -0.3 is 5.32 Å². The van der Waals surface area contributed by atoms with Crippen LogP contribution in [0.3, 0.4) is 0 Å². The highest BCUT2D eigenvalue weighted by atomic mass is 32.1. The molecule has 2 aromatic rings. The van der Waals surface area contributed by atoms with E-state index in [1.165, 1.54) is 30.6 Å². The highest BCUT2D eigenvalue weighted by molar-refractivity contribution is 7.09. The van der Waals surface area contributed by atoms with Crippen LogP contribution in [0.15, 0.2) is 35.7 Å². The molecule has 0 radical (unpaired) electrons. The van der Waals surface area contributed by atoms with Crippen molar-refractivity contribution in [3.63, 3.8) is 0 Å². The molecule has 1 aromatic heterocycles. The first-order valence-corrected chi connectivity index (χ1v) is 9.01. The minimum Gasteiger partial charge on any atom is -0.308 e. The fourth-order valence-electron chi connectivity index (χ4n) is 3.20. The van der Waals surface area contributed by atoms with Gasteiger partial charge in [-0.1, -0.05) is 30.3 Å². The number of likely N-dealkylation sites (tertiary alicyclic amines) is 1. The summed E-state index contributed by atoms with van der Waals surface area (Å²) in [5, 5.41) is 7.00. The molecule has 1 fully saturated rings. The van der Waals surface area contributed by atoms with Gasteiger partial charge in [0.2, 0.25) is 0 Å². The van der Waals surface area contributed by atoms with Crippen molar-refractivity contribution < 1.29 is 0 Å². The predicted octanol–water partition coefficient (Wildman–Crippen LogP) is 3.59. The Labute approximate surface area is 137 Å². The van der Waals surface area contributed by atoms with E-state index in [0.717, 1.165) is 18.1 Å². The van der Waals surface area contributed by atoms with Crippen LogP contribution in [0.2, 0.25) is 0 Å². The second-order valence-corrected chi connectivity index (χ2v) is 7.33. The lowest BCUT2D eigenvalue weighted by molar-refractivity contribution is 0.128. The van der Waals surface area contributed by atoms with E-state index >= 15 is 0 Å². The first-order chi connectivity index (χ1) is 10.7. The Morgan fingerprint density at radius 1 is 1.32 bits per heavy atom. The zero-order valence-corrected chi connectivity index (χ0v) is 14.3. The number of rotatable bonds is 5. The van der Waals surface area contributed by atoms with E-state index in [1.807, 2.05) is 0 Å². The van der Waals surface area contributed by atoms with Gasteiger partial charge in [0.05, 0.1) is 10.7 Å². The molecule has 0 unspecified atom stereocenters. The van der Waals surface area contributed by atoms with Crippen LogP contribution in [0.25, 0.3) is 0 Å². The highest BCUT2D eigenvalue weighted by Gasteiger charge is 2.25. The Morgan fingerprint density at radius 3 is 2.82 bits per heavy atom. The number of piperidine rings is 1. The van der Waals surface area contributed by atoms with E-state index < -0.39 is 0 Å². The fraction of sp³-hybridized carbons (Fsp3) is 0.500. The predicted molar refractivity (Wildman–Crippen MR) is 93.0 cm³/mol. The van der Waals surface area contributed by atoms with Gasteiger partial charge in [0, 0.05) is 37.1 Å². The van der Waals surface area contributed by atoms with E-state index in [2.05, 4.69) is 64.8 Å². The third kappa shape index (κ3) is 4.15. The molecule has 2 atom stereocenters. The SMILES string of the molecule is Cc1nc(CN[C@H]2CCN(Cc3ccccc3)[C@H](C)C2)cs1. The average Bonchev–Trinajstić information content (AvgIpc) is 2.94. The van der Waals surface area contributed by atoms with Crippen LogP contribution in [0.5, 0.6) is 0 Å². The summed E-state index contributed by atoms with van der Waals surface area (Å²) in [6.45, 7) is 7.56. The standard InChI is InChI=1S/C18H25N3S/c1-14-10-17(19-11-18-13-22-15(2)20-18)8-9-21(14)12-16-6-4-3-5-7-16/h3-7,13-14,17,19H,8-12H2,1-2H3/t14-,17+/m1/s1. The van der Waals surface area contributed by atoms with E-state index in [4.69, 9.17) is 0 Å². The molecular formula is C18H25N3S. The van der Waals surface area contributed by atoms with Gasteiger partial charge in [-0.25, -0.2) is 4.98 Å². The molecule has 3 rings (SSSR count). The normalized spacial score (nSPS) is 22.8. The van der Waals surface area contributed by atoms with Gasteiger partial charge >= 0.3 is 0 Å². The molecule has 1 aromatic carbocycles. The zero-order valence-electron chi connectivity index (χ0n) is 13.5. The molecule has 22 heavy (non-hydrogen) atoms. The molecule has 1 saturated heterocycles. The van der Waals surface area contributed by atoms with Crippen molar-refractivity contribution in [2.45, 2.75) is 51.9 Å². The minimum absolute atomic E-state index is 0.615. The smallest absolute Gasteiger partial charge is 0.0897 e. The van der Waals surface area contributed by atoms with E-state index in [0.29, 0.717) is 12.1 Å². The summed E-state index contributed by atoms with van der Waals surface area (Å²) in [5.41, 5.74) is 2.60. The Hall–Kier alpha value is -1.23. The monoisotopic (exact) mass is 315 g/mol. The number of nitrogens with one attached hydrogen (secondary N) is 1. The molecule has 0 bridgehead atoms. The molecule has 1 aliphatic rings. The molecule has 118 valence electrons. The fourth-order valence-corrected chi connectivity index (χ4v) is 3.81. The molecule has 4 heteroatoms. The van der Waals surface area contributed by atoms with Crippen LogP contribution in [-0.4, -0.2) is 28.5 Å². The van der Waals surface area contributed by atoms with Gasteiger partial charge in [-0.15, -0.1) is 11.3 Å². The lowest BCUT2D eigenvalue weighted by Crippen LogP contribution is -2.46. The summed E-state index contributed by atoms with van der Waals surface area (Å²) in [5.74, 6) is 0. The Kier molecular flexibility index (Phi) is 5.24. The number of nitrogens with zero attached hydrogens (tertiary/aromatic N) is 2. The topological polar surface area (TPSA) is 28.2 Å². The Morgan fingerprint density at radius 2 is 2.14 bits per heavy atom. The van der Waals surface area contributed by atoms with Gasteiger partial charge in [0.1, 0.15) is 0 Å². The van der Waals surface area contributed by atoms with Gasteiger partial charge in [0.25, 0.3) is 0 Å². The Balaban J connectivity index is 1.47. The molecule has 1 aliphatic heterocycles. The maximum Gasteiger partial charge on any atom is 0.0897 e. The first-order valence-electron chi connectivity index (χ1n) is 8.13. The lowest BCUT2D eigenvalue weighted by atomic mass is 9.97. The third-order valence-electron chi connectivity index (χ3n) is 4.48. The summed E-state index contributed by atoms with van der Waals surface area (Å²) >= 11 is 1.73. The summed E-state index contributed by atoms with van der Waals surface area (Å²) in [4.78, 5) is 7.13. The summed E-state index contributed by atoms with van der Waals surface area (Å²) in [7, 11) is 0. The number of aryl methyl sites for hydroxylation is 1. The lowest BCUT2D eigenvalue weighted by Gasteiger charge is -2.38. The summed E-state index contributed by atoms with van der Waals surface area (Å²) in [6, 6.07) is 12.0. The van der Waals surface area contributed by atoms with Crippen molar-refractivity contribution in [3.05, 3.63) is 52.0 Å². The van der Waals surface area contributed by atoms with Crippen molar-refractivity contribution in [3.8, 4) is 0 Å². The first kappa shape index (κ1) is 15.7. The van der Waals surface area contributed by atoms with Crippen LogP contribution in [0, 0.1) is 6.92 Å². The van der Waals surface area contributed by atoms with Crippen molar-refractivity contribution >= 4 is 11.3 Å². The minimum atomic E-state index is 0.615. The number of thiazole rings is 1. The molecule has 1 N–H and O–H groups in total. The summed E-state index contributed by atoms with van der Waals surface area (Å²) < 4.78 is 0. The highest BCUT2D eigenvalue weighted by Crippen LogP contribution is 2.20. The van der Waals surface area contributed by atoms with E-state index in [1.54, 1.807) is 11.3 Å². The molecule has 0 spiro atoms. The molecule has 0 aliphatic carbocycles. The number of benzene rings is 1. The van der Waals surface area contributed by atoms with Crippen molar-refractivity contribution in [1.82, 2.24) is 15.2 Å². The number of hydrogen-bond acceptors (Lipinski definition) is 4. The third-order valence-corrected chi connectivity index (χ3v) is 5.30. The average molecular weight is 315 g/mol. The van der Waals surface area contributed by atoms with Gasteiger partial charge in [-0.05, 0) is 32.3 Å². The van der Waals surface area contributed by atoms with E-state index in [-0.39, 0.29) is 0 Å². The molecule has 0 saturated carbocycles. The van der Waals surface area contributed by atoms with Crippen LogP contribution >= 0.6 is 11.3 Å². The maximum absolute atomic E-state index is 4.53. The summed E-state index contributed by atoms with van der Waals surface area (Å²) in [6.07, 6.45) is 2.44. The van der Waals surface area contributed by atoms with Crippen molar-refractivity contribution in [2.75, 3.05) is 6.54 Å². The van der Waals surface area contributed by atoms with E-state index in [9.17, 15) is 0 Å². The van der Waals surface area contributed by atoms with Crippen LogP contribution < -0.4 is 5.32 Å².